The zero-order chi connectivity index (χ0) is 13.8. The van der Waals surface area contributed by atoms with Crippen LogP contribution in [0.4, 0.5) is 0 Å². The number of nitrogens with zero attached hydrogens (tertiary/aromatic N) is 2. The van der Waals surface area contributed by atoms with Gasteiger partial charge in [0.2, 0.25) is 0 Å². The first-order chi connectivity index (χ1) is 8.30. The molecule has 0 radical (unpaired) electrons. The van der Waals surface area contributed by atoms with E-state index in [9.17, 15) is 5.11 Å². The van der Waals surface area contributed by atoms with Gasteiger partial charge in [-0.2, -0.15) is 0 Å². The first-order valence-corrected chi connectivity index (χ1v) is 7.31. The number of hydrogen-bond acceptors (Lipinski definition) is 3. The lowest BCUT2D eigenvalue weighted by atomic mass is 9.71. The molecule has 1 fully saturated rings. The summed E-state index contributed by atoms with van der Waals surface area (Å²) in [6.07, 6.45) is 4.41. The molecule has 1 aliphatic carbocycles. The lowest BCUT2D eigenvalue weighted by Gasteiger charge is -2.40. The fourth-order valence-corrected chi connectivity index (χ4v) is 3.06. The normalized spacial score (nSPS) is 28.0. The Kier molecular flexibility index (Phi) is 6.09. The Morgan fingerprint density at radius 3 is 2.44 bits per heavy atom. The van der Waals surface area contributed by atoms with Gasteiger partial charge < -0.3 is 14.9 Å². The summed E-state index contributed by atoms with van der Waals surface area (Å²) < 4.78 is 0. The third-order valence-corrected chi connectivity index (χ3v) is 4.17. The molecule has 3 heteroatoms. The van der Waals surface area contributed by atoms with Crippen molar-refractivity contribution in [2.45, 2.75) is 45.6 Å². The van der Waals surface area contributed by atoms with Crippen molar-refractivity contribution in [3.63, 3.8) is 0 Å². The molecule has 1 saturated carbocycles. The Balaban J connectivity index is 2.31. The van der Waals surface area contributed by atoms with Crippen molar-refractivity contribution in [2.75, 3.05) is 40.8 Å². The minimum absolute atomic E-state index is 0.0886. The maximum atomic E-state index is 10.1. The molecule has 0 aliphatic heterocycles. The van der Waals surface area contributed by atoms with Crippen LogP contribution in [0.2, 0.25) is 0 Å². The van der Waals surface area contributed by atoms with Crippen LogP contribution >= 0.6 is 0 Å². The van der Waals surface area contributed by atoms with Crippen LogP contribution in [0.1, 0.15) is 39.5 Å². The molecule has 18 heavy (non-hydrogen) atoms. The van der Waals surface area contributed by atoms with Crippen LogP contribution in [0, 0.1) is 11.3 Å². The molecule has 0 aromatic carbocycles. The molecule has 0 aromatic rings. The van der Waals surface area contributed by atoms with Crippen LogP contribution in [-0.4, -0.2) is 61.8 Å². The monoisotopic (exact) mass is 256 g/mol. The molecule has 108 valence electrons. The van der Waals surface area contributed by atoms with Crippen molar-refractivity contribution in [3.8, 4) is 0 Å². The van der Waals surface area contributed by atoms with E-state index in [0.717, 1.165) is 38.9 Å². The molecule has 3 nitrogen and oxygen atoms in total. The summed E-state index contributed by atoms with van der Waals surface area (Å²) in [6.45, 7) is 7.97. The van der Waals surface area contributed by atoms with E-state index in [4.69, 9.17) is 0 Å². The highest BCUT2D eigenvalue weighted by molar-refractivity contribution is 4.86. The van der Waals surface area contributed by atoms with Gasteiger partial charge in [0.05, 0.1) is 6.10 Å². The zero-order valence-electron chi connectivity index (χ0n) is 12.9. The van der Waals surface area contributed by atoms with Gasteiger partial charge in [0.15, 0.2) is 0 Å². The van der Waals surface area contributed by atoms with Crippen molar-refractivity contribution < 1.29 is 5.11 Å². The van der Waals surface area contributed by atoms with Gasteiger partial charge in [-0.3, -0.25) is 0 Å². The fraction of sp³-hybridized carbons (Fsp3) is 1.00. The third-order valence-electron chi connectivity index (χ3n) is 4.17. The lowest BCUT2D eigenvalue weighted by molar-refractivity contribution is 0.00744. The maximum absolute atomic E-state index is 10.1. The molecule has 0 bridgehead atoms. The Bertz CT molecular complexity index is 241. The molecule has 1 rings (SSSR count). The quantitative estimate of drug-likeness (QED) is 0.788. The van der Waals surface area contributed by atoms with Crippen LogP contribution < -0.4 is 0 Å². The van der Waals surface area contributed by atoms with Crippen molar-refractivity contribution in [1.82, 2.24) is 9.80 Å². The Morgan fingerprint density at radius 1 is 1.17 bits per heavy atom. The molecular weight excluding hydrogens is 224 g/mol. The fourth-order valence-electron chi connectivity index (χ4n) is 3.06. The summed E-state index contributed by atoms with van der Waals surface area (Å²) in [5.41, 5.74) is 0.411. The molecule has 0 aromatic heterocycles. The van der Waals surface area contributed by atoms with E-state index in [1.165, 1.54) is 6.42 Å². The zero-order valence-corrected chi connectivity index (χ0v) is 12.9. The SMILES string of the molecule is CN(C)CCCN(C)CC1CC(C)(C)CCC1O. The maximum Gasteiger partial charge on any atom is 0.0581 e. The van der Waals surface area contributed by atoms with Crippen molar-refractivity contribution >= 4 is 0 Å². The molecule has 0 amide bonds. The standard InChI is InChI=1S/C15H32N2O/c1-15(2)8-7-14(18)13(11-15)12-17(5)10-6-9-16(3)4/h13-14,18H,6-12H2,1-5H3. The minimum atomic E-state index is -0.0886. The van der Waals surface area contributed by atoms with Gasteiger partial charge in [-0.05, 0) is 71.2 Å². The Hall–Kier alpha value is -0.120. The van der Waals surface area contributed by atoms with Gasteiger partial charge >= 0.3 is 0 Å². The number of aliphatic hydroxyl groups is 1. The molecule has 1 aliphatic rings. The van der Waals surface area contributed by atoms with E-state index in [2.05, 4.69) is 44.8 Å². The first kappa shape index (κ1) is 15.9. The van der Waals surface area contributed by atoms with Gasteiger partial charge in [-0.1, -0.05) is 13.8 Å². The second-order valence-electron chi connectivity index (χ2n) is 7.15. The second kappa shape index (κ2) is 6.88. The summed E-state index contributed by atoms with van der Waals surface area (Å²) in [5, 5.41) is 10.1. The molecule has 0 heterocycles. The summed E-state index contributed by atoms with van der Waals surface area (Å²) >= 11 is 0. The average Bonchev–Trinajstić information content (AvgIpc) is 2.22. The van der Waals surface area contributed by atoms with Gasteiger partial charge in [-0.15, -0.1) is 0 Å². The van der Waals surface area contributed by atoms with Crippen LogP contribution in [0.25, 0.3) is 0 Å². The van der Waals surface area contributed by atoms with Gasteiger partial charge in [0.1, 0.15) is 0 Å². The van der Waals surface area contributed by atoms with Crippen molar-refractivity contribution in [3.05, 3.63) is 0 Å². The summed E-state index contributed by atoms with van der Waals surface area (Å²) in [7, 11) is 6.42. The summed E-state index contributed by atoms with van der Waals surface area (Å²) in [6, 6.07) is 0. The van der Waals surface area contributed by atoms with Gasteiger partial charge in [0, 0.05) is 6.54 Å². The van der Waals surface area contributed by atoms with E-state index in [-0.39, 0.29) is 6.10 Å². The van der Waals surface area contributed by atoms with E-state index in [1.54, 1.807) is 0 Å². The minimum Gasteiger partial charge on any atom is -0.393 e. The highest BCUT2D eigenvalue weighted by Crippen LogP contribution is 2.38. The summed E-state index contributed by atoms with van der Waals surface area (Å²) in [5.74, 6) is 0.457. The number of hydrogen-bond donors (Lipinski definition) is 1. The molecule has 2 atom stereocenters. The van der Waals surface area contributed by atoms with Crippen LogP contribution in [-0.2, 0) is 0 Å². The predicted molar refractivity (Wildman–Crippen MR) is 77.8 cm³/mol. The molecule has 0 spiro atoms. The molecule has 0 saturated heterocycles. The van der Waals surface area contributed by atoms with Crippen LogP contribution in [0.15, 0.2) is 0 Å². The van der Waals surface area contributed by atoms with E-state index in [0.29, 0.717) is 11.3 Å². The molecule has 2 unspecified atom stereocenters. The Morgan fingerprint density at radius 2 is 1.83 bits per heavy atom. The Labute approximate surface area is 113 Å². The second-order valence-corrected chi connectivity index (χ2v) is 7.15. The molecular formula is C15H32N2O. The van der Waals surface area contributed by atoms with Crippen molar-refractivity contribution in [1.29, 1.82) is 0 Å². The van der Waals surface area contributed by atoms with E-state index >= 15 is 0 Å². The van der Waals surface area contributed by atoms with Gasteiger partial charge in [0.25, 0.3) is 0 Å². The summed E-state index contributed by atoms with van der Waals surface area (Å²) in [4.78, 5) is 4.62. The predicted octanol–water partition coefficient (Wildman–Crippen LogP) is 2.06. The molecule has 1 N–H and O–H groups in total. The van der Waals surface area contributed by atoms with E-state index < -0.39 is 0 Å². The highest BCUT2D eigenvalue weighted by Gasteiger charge is 2.34. The highest BCUT2D eigenvalue weighted by atomic mass is 16.3. The number of rotatable bonds is 6. The smallest absolute Gasteiger partial charge is 0.0581 e. The topological polar surface area (TPSA) is 26.7 Å². The van der Waals surface area contributed by atoms with Crippen molar-refractivity contribution in [2.24, 2.45) is 11.3 Å². The van der Waals surface area contributed by atoms with E-state index in [1.807, 2.05) is 0 Å². The first-order valence-electron chi connectivity index (χ1n) is 7.31. The van der Waals surface area contributed by atoms with Gasteiger partial charge in [-0.25, -0.2) is 0 Å². The largest absolute Gasteiger partial charge is 0.393 e. The van der Waals surface area contributed by atoms with Crippen LogP contribution in [0.5, 0.6) is 0 Å². The third kappa shape index (κ3) is 5.68. The average molecular weight is 256 g/mol. The lowest BCUT2D eigenvalue weighted by Crippen LogP contribution is -2.40. The number of aliphatic hydroxyl groups excluding tert-OH is 1. The van der Waals surface area contributed by atoms with Crippen LogP contribution in [0.3, 0.4) is 0 Å².